The fraction of sp³-hybridized carbons (Fsp3) is 0.611. The highest BCUT2D eigenvalue weighted by atomic mass is 32.2. The van der Waals surface area contributed by atoms with Gasteiger partial charge in [0.1, 0.15) is 0 Å². The van der Waals surface area contributed by atoms with Crippen molar-refractivity contribution < 1.29 is 13.2 Å². The number of sulfone groups is 1. The van der Waals surface area contributed by atoms with Crippen LogP contribution in [0, 0.1) is 5.41 Å². The molecule has 0 radical (unpaired) electrons. The third kappa shape index (κ3) is 3.30. The Bertz CT molecular complexity index is 714. The average molecular weight is 335 g/mol. The molecule has 2 saturated carbocycles. The zero-order chi connectivity index (χ0) is 16.7. The van der Waals surface area contributed by atoms with Crippen LogP contribution in [0.3, 0.4) is 0 Å². The van der Waals surface area contributed by atoms with E-state index in [0.29, 0.717) is 4.90 Å². The molecule has 2 fully saturated rings. The standard InChI is InChI=1S/C18H25NO3S/c1-17(10-11-17)13-19-16(20)18(8-3-4-9-18)14-6-5-7-15(12-14)23(2,21)22/h5-7,12H,3-4,8-11,13H2,1-2H3,(H,19,20). The molecule has 0 aliphatic heterocycles. The fourth-order valence-electron chi connectivity index (χ4n) is 3.50. The van der Waals surface area contributed by atoms with Crippen molar-refractivity contribution in [2.45, 2.75) is 55.8 Å². The van der Waals surface area contributed by atoms with Gasteiger partial charge in [0.05, 0.1) is 10.3 Å². The highest BCUT2D eigenvalue weighted by molar-refractivity contribution is 7.90. The number of carbonyl (C=O) groups is 1. The molecule has 1 aromatic rings. The molecule has 1 aromatic carbocycles. The maximum Gasteiger partial charge on any atom is 0.230 e. The first-order valence-corrected chi connectivity index (χ1v) is 10.2. The number of benzene rings is 1. The molecule has 2 aliphatic rings. The van der Waals surface area contributed by atoms with Gasteiger partial charge < -0.3 is 5.32 Å². The molecule has 5 heteroatoms. The van der Waals surface area contributed by atoms with Crippen molar-refractivity contribution in [3.63, 3.8) is 0 Å². The van der Waals surface area contributed by atoms with Crippen molar-refractivity contribution in [2.24, 2.45) is 5.41 Å². The van der Waals surface area contributed by atoms with Crippen molar-refractivity contribution in [1.82, 2.24) is 5.32 Å². The number of amides is 1. The quantitative estimate of drug-likeness (QED) is 0.900. The minimum atomic E-state index is -3.26. The molecule has 0 unspecified atom stereocenters. The molecule has 0 aromatic heterocycles. The van der Waals surface area contributed by atoms with Gasteiger partial charge in [0, 0.05) is 12.8 Å². The van der Waals surface area contributed by atoms with Crippen LogP contribution in [0.15, 0.2) is 29.2 Å². The summed E-state index contributed by atoms with van der Waals surface area (Å²) < 4.78 is 23.7. The van der Waals surface area contributed by atoms with Gasteiger partial charge in [-0.1, -0.05) is 31.9 Å². The minimum Gasteiger partial charge on any atom is -0.355 e. The maximum absolute atomic E-state index is 12.9. The third-order valence-electron chi connectivity index (χ3n) is 5.49. The second-order valence-corrected chi connectivity index (χ2v) is 9.60. The zero-order valence-corrected chi connectivity index (χ0v) is 14.7. The maximum atomic E-state index is 12.9. The van der Waals surface area contributed by atoms with E-state index in [1.165, 1.54) is 19.1 Å². The molecule has 3 rings (SSSR count). The lowest BCUT2D eigenvalue weighted by Crippen LogP contribution is -2.44. The van der Waals surface area contributed by atoms with Gasteiger partial charge in [-0.2, -0.15) is 0 Å². The van der Waals surface area contributed by atoms with Crippen molar-refractivity contribution in [3.05, 3.63) is 29.8 Å². The van der Waals surface area contributed by atoms with E-state index in [0.717, 1.165) is 37.8 Å². The van der Waals surface area contributed by atoms with E-state index in [1.807, 2.05) is 6.07 Å². The normalized spacial score (nSPS) is 21.8. The molecule has 2 aliphatic carbocycles. The van der Waals surface area contributed by atoms with Crippen molar-refractivity contribution >= 4 is 15.7 Å². The first kappa shape index (κ1) is 16.5. The third-order valence-corrected chi connectivity index (χ3v) is 6.60. The van der Waals surface area contributed by atoms with Gasteiger partial charge in [0.2, 0.25) is 5.91 Å². The number of hydrogen-bond donors (Lipinski definition) is 1. The molecule has 1 amide bonds. The molecule has 0 saturated heterocycles. The number of carbonyl (C=O) groups excluding carboxylic acids is 1. The van der Waals surface area contributed by atoms with Gasteiger partial charge in [-0.15, -0.1) is 0 Å². The molecule has 0 atom stereocenters. The van der Waals surface area contributed by atoms with E-state index < -0.39 is 15.3 Å². The summed E-state index contributed by atoms with van der Waals surface area (Å²) in [6, 6.07) is 6.95. The van der Waals surface area contributed by atoms with Crippen LogP contribution < -0.4 is 5.32 Å². The van der Waals surface area contributed by atoms with Crippen LogP contribution in [-0.4, -0.2) is 27.1 Å². The van der Waals surface area contributed by atoms with Crippen LogP contribution in [0.1, 0.15) is 51.0 Å². The monoisotopic (exact) mass is 335 g/mol. The Morgan fingerprint density at radius 2 is 1.83 bits per heavy atom. The van der Waals surface area contributed by atoms with E-state index in [2.05, 4.69) is 12.2 Å². The van der Waals surface area contributed by atoms with Crippen molar-refractivity contribution in [2.75, 3.05) is 12.8 Å². The van der Waals surface area contributed by atoms with Crippen LogP contribution in [0.4, 0.5) is 0 Å². The molecule has 1 N–H and O–H groups in total. The molecule has 0 spiro atoms. The second kappa shape index (κ2) is 5.62. The number of rotatable bonds is 5. The molecular formula is C18H25NO3S. The molecule has 23 heavy (non-hydrogen) atoms. The molecule has 0 bridgehead atoms. The lowest BCUT2D eigenvalue weighted by atomic mass is 9.78. The Morgan fingerprint density at radius 1 is 1.17 bits per heavy atom. The Balaban J connectivity index is 1.90. The largest absolute Gasteiger partial charge is 0.355 e. The second-order valence-electron chi connectivity index (χ2n) is 7.58. The molecular weight excluding hydrogens is 310 g/mol. The fourth-order valence-corrected chi connectivity index (χ4v) is 4.17. The summed E-state index contributed by atoms with van der Waals surface area (Å²) in [6.45, 7) is 2.91. The molecule has 126 valence electrons. The summed E-state index contributed by atoms with van der Waals surface area (Å²) >= 11 is 0. The molecule has 4 nitrogen and oxygen atoms in total. The highest BCUT2D eigenvalue weighted by Gasteiger charge is 2.44. The minimum absolute atomic E-state index is 0.0637. The van der Waals surface area contributed by atoms with Crippen LogP contribution in [0.25, 0.3) is 0 Å². The predicted octanol–water partition coefficient (Wildman–Crippen LogP) is 2.82. The Hall–Kier alpha value is -1.36. The predicted molar refractivity (Wildman–Crippen MR) is 90.0 cm³/mol. The van der Waals surface area contributed by atoms with Crippen LogP contribution in [0.5, 0.6) is 0 Å². The van der Waals surface area contributed by atoms with Crippen molar-refractivity contribution in [3.8, 4) is 0 Å². The summed E-state index contributed by atoms with van der Waals surface area (Å²) in [4.78, 5) is 13.2. The lowest BCUT2D eigenvalue weighted by Gasteiger charge is -2.29. The van der Waals surface area contributed by atoms with Gasteiger partial charge in [-0.05, 0) is 48.8 Å². The summed E-state index contributed by atoms with van der Waals surface area (Å²) in [6.07, 6.45) is 7.15. The highest BCUT2D eigenvalue weighted by Crippen LogP contribution is 2.45. The number of hydrogen-bond acceptors (Lipinski definition) is 3. The van der Waals surface area contributed by atoms with Crippen LogP contribution in [-0.2, 0) is 20.0 Å². The lowest BCUT2D eigenvalue weighted by molar-refractivity contribution is -0.126. The summed E-state index contributed by atoms with van der Waals surface area (Å²) in [5.74, 6) is 0.0637. The first-order chi connectivity index (χ1) is 10.8. The van der Waals surface area contributed by atoms with Gasteiger partial charge in [0.25, 0.3) is 0 Å². The topological polar surface area (TPSA) is 63.2 Å². The Kier molecular flexibility index (Phi) is 4.03. The molecule has 0 heterocycles. The van der Waals surface area contributed by atoms with E-state index in [9.17, 15) is 13.2 Å². The van der Waals surface area contributed by atoms with E-state index in [-0.39, 0.29) is 11.3 Å². The summed E-state index contributed by atoms with van der Waals surface area (Å²) in [5, 5.41) is 3.14. The van der Waals surface area contributed by atoms with Crippen molar-refractivity contribution in [1.29, 1.82) is 0 Å². The zero-order valence-electron chi connectivity index (χ0n) is 13.9. The van der Waals surface area contributed by atoms with Crippen LogP contribution >= 0.6 is 0 Å². The first-order valence-electron chi connectivity index (χ1n) is 8.34. The Morgan fingerprint density at radius 3 is 2.39 bits per heavy atom. The average Bonchev–Trinajstić information content (AvgIpc) is 3.04. The van der Waals surface area contributed by atoms with Gasteiger partial charge >= 0.3 is 0 Å². The SMILES string of the molecule is CC1(CNC(=O)C2(c3cccc(S(C)(=O)=O)c3)CCCC2)CC1. The van der Waals surface area contributed by atoms with Gasteiger partial charge in [0.15, 0.2) is 9.84 Å². The van der Waals surface area contributed by atoms with E-state index >= 15 is 0 Å². The van der Waals surface area contributed by atoms with E-state index in [1.54, 1.807) is 18.2 Å². The smallest absolute Gasteiger partial charge is 0.230 e. The van der Waals surface area contributed by atoms with Gasteiger partial charge in [-0.25, -0.2) is 8.42 Å². The van der Waals surface area contributed by atoms with E-state index in [4.69, 9.17) is 0 Å². The Labute approximate surface area is 138 Å². The summed E-state index contributed by atoms with van der Waals surface area (Å²) in [5.41, 5.74) is 0.548. The van der Waals surface area contributed by atoms with Crippen LogP contribution in [0.2, 0.25) is 0 Å². The number of nitrogens with one attached hydrogen (secondary N) is 1. The van der Waals surface area contributed by atoms with Gasteiger partial charge in [-0.3, -0.25) is 4.79 Å². The summed E-state index contributed by atoms with van der Waals surface area (Å²) in [7, 11) is -3.26.